The molecule has 0 saturated heterocycles. The van der Waals surface area contributed by atoms with Crippen LogP contribution in [0.2, 0.25) is 0 Å². The summed E-state index contributed by atoms with van der Waals surface area (Å²) in [6, 6.07) is 11.2. The van der Waals surface area contributed by atoms with Crippen LogP contribution < -0.4 is 10.5 Å². The minimum atomic E-state index is -0.339. The molecule has 1 aliphatic rings. The molecule has 3 rings (SSSR count). The van der Waals surface area contributed by atoms with Gasteiger partial charge in [0.1, 0.15) is 0 Å². The molecule has 23 heavy (non-hydrogen) atoms. The van der Waals surface area contributed by atoms with Gasteiger partial charge >= 0.3 is 0 Å². The zero-order valence-electron chi connectivity index (χ0n) is 12.3. The number of hydrogen-bond acceptors (Lipinski definition) is 6. The number of hydrogen-bond donors (Lipinski definition) is 2. The van der Waals surface area contributed by atoms with Gasteiger partial charge in [0.25, 0.3) is 11.8 Å². The number of aryl methyl sites for hydroxylation is 1. The zero-order valence-corrected chi connectivity index (χ0v) is 12.3. The van der Waals surface area contributed by atoms with E-state index in [4.69, 9.17) is 5.21 Å². The Labute approximate surface area is 132 Å². The molecule has 0 bridgehead atoms. The Bertz CT molecular complexity index is 754. The monoisotopic (exact) mass is 312 g/mol. The number of carbonyl (C=O) groups is 2. The van der Waals surface area contributed by atoms with Crippen LogP contribution in [0.15, 0.2) is 42.5 Å². The summed E-state index contributed by atoms with van der Waals surface area (Å²) in [5, 5.41) is 22.5. The number of anilines is 2. The van der Waals surface area contributed by atoms with Crippen molar-refractivity contribution in [2.75, 3.05) is 17.2 Å². The van der Waals surface area contributed by atoms with Crippen molar-refractivity contribution >= 4 is 23.2 Å². The highest BCUT2D eigenvalue weighted by molar-refractivity contribution is 6.21. The molecule has 0 spiro atoms. The largest absolute Gasteiger partial charge is 0.733 e. The zero-order chi connectivity index (χ0) is 16.6. The quantitative estimate of drug-likeness (QED) is 0.664. The third kappa shape index (κ3) is 2.63. The molecule has 0 fully saturated rings. The molecule has 1 heterocycles. The minimum Gasteiger partial charge on any atom is -0.733 e. The Morgan fingerprint density at radius 2 is 1.74 bits per heavy atom. The van der Waals surface area contributed by atoms with E-state index in [1.54, 1.807) is 37.3 Å². The molecule has 2 amide bonds. The van der Waals surface area contributed by atoms with E-state index in [9.17, 15) is 14.8 Å². The number of amides is 2. The molecule has 0 aliphatic carbocycles. The van der Waals surface area contributed by atoms with Crippen LogP contribution in [0.1, 0.15) is 26.3 Å². The summed E-state index contributed by atoms with van der Waals surface area (Å²) in [5.41, 5.74) is 2.26. The summed E-state index contributed by atoms with van der Waals surface area (Å²) in [5.74, 6) is -0.679. The number of imide groups is 1. The van der Waals surface area contributed by atoms with E-state index in [2.05, 4.69) is 5.32 Å². The van der Waals surface area contributed by atoms with Crippen LogP contribution in [0.4, 0.5) is 11.4 Å². The molecule has 118 valence electrons. The van der Waals surface area contributed by atoms with Gasteiger partial charge in [-0.25, -0.2) is 0 Å². The molecular formula is C16H14N3O4-. The molecule has 7 heteroatoms. The summed E-state index contributed by atoms with van der Waals surface area (Å²) >= 11 is 0. The predicted molar refractivity (Wildman–Crippen MR) is 84.2 cm³/mol. The standard InChI is InChI=1S/C16H14N3O4/c1-10-8-11(19(22)23)6-7-14(10)17-9-18-15(20)12-4-2-3-5-13(12)16(18)21/h2-8,17,22H,9H2,1H3/q-1. The fourth-order valence-electron chi connectivity index (χ4n) is 2.51. The van der Waals surface area contributed by atoms with Crippen molar-refractivity contribution < 1.29 is 14.8 Å². The van der Waals surface area contributed by atoms with Crippen LogP contribution in [0.5, 0.6) is 0 Å². The van der Waals surface area contributed by atoms with Crippen molar-refractivity contribution in [2.45, 2.75) is 6.92 Å². The van der Waals surface area contributed by atoms with Gasteiger partial charge in [-0.1, -0.05) is 12.1 Å². The number of fused-ring (bicyclic) bond motifs is 1. The first-order valence-corrected chi connectivity index (χ1v) is 6.95. The van der Waals surface area contributed by atoms with Crippen LogP contribution in [0.3, 0.4) is 0 Å². The van der Waals surface area contributed by atoms with E-state index in [-0.39, 0.29) is 29.4 Å². The Hall–Kier alpha value is -2.90. The van der Waals surface area contributed by atoms with Crippen molar-refractivity contribution in [3.63, 3.8) is 0 Å². The van der Waals surface area contributed by atoms with Crippen molar-refractivity contribution in [1.82, 2.24) is 4.90 Å². The van der Waals surface area contributed by atoms with Crippen molar-refractivity contribution in [3.05, 3.63) is 64.4 Å². The van der Waals surface area contributed by atoms with Gasteiger partial charge in [-0.15, -0.1) is 0 Å². The molecule has 2 aromatic carbocycles. The number of nitrogens with zero attached hydrogens (tertiary/aromatic N) is 2. The Kier molecular flexibility index (Phi) is 3.73. The molecule has 0 radical (unpaired) electrons. The highest BCUT2D eigenvalue weighted by atomic mass is 16.8. The van der Waals surface area contributed by atoms with Gasteiger partial charge in [0.2, 0.25) is 0 Å². The van der Waals surface area contributed by atoms with E-state index in [0.29, 0.717) is 22.4 Å². The first-order valence-electron chi connectivity index (χ1n) is 6.95. The lowest BCUT2D eigenvalue weighted by atomic mass is 10.1. The highest BCUT2D eigenvalue weighted by Crippen LogP contribution is 2.24. The van der Waals surface area contributed by atoms with Gasteiger partial charge in [-0.3, -0.25) is 19.7 Å². The van der Waals surface area contributed by atoms with E-state index in [1.807, 2.05) is 0 Å². The second kappa shape index (κ2) is 5.71. The van der Waals surface area contributed by atoms with Crippen LogP contribution in [0, 0.1) is 12.1 Å². The second-order valence-electron chi connectivity index (χ2n) is 5.19. The van der Waals surface area contributed by atoms with E-state index >= 15 is 0 Å². The lowest BCUT2D eigenvalue weighted by Crippen LogP contribution is -2.34. The molecule has 0 unspecified atom stereocenters. The number of rotatable bonds is 4. The Morgan fingerprint density at radius 3 is 2.26 bits per heavy atom. The first kappa shape index (κ1) is 15.0. The molecule has 0 aromatic heterocycles. The number of nitrogens with one attached hydrogen (secondary N) is 1. The van der Waals surface area contributed by atoms with Crippen molar-refractivity contribution in [3.8, 4) is 0 Å². The summed E-state index contributed by atoms with van der Waals surface area (Å²) in [6.07, 6.45) is 0. The second-order valence-corrected chi connectivity index (χ2v) is 5.19. The molecule has 0 saturated carbocycles. The summed E-state index contributed by atoms with van der Waals surface area (Å²) in [6.45, 7) is 1.77. The van der Waals surface area contributed by atoms with Gasteiger partial charge in [-0.2, -0.15) is 0 Å². The third-order valence-electron chi connectivity index (χ3n) is 3.74. The van der Waals surface area contributed by atoms with Gasteiger partial charge in [0.15, 0.2) is 0 Å². The first-order chi connectivity index (χ1) is 11.0. The van der Waals surface area contributed by atoms with E-state index < -0.39 is 0 Å². The molecule has 0 atom stereocenters. The summed E-state index contributed by atoms with van der Waals surface area (Å²) in [7, 11) is 0. The average Bonchev–Trinajstić information content (AvgIpc) is 2.78. The molecular weight excluding hydrogens is 298 g/mol. The number of benzene rings is 2. The van der Waals surface area contributed by atoms with Crippen LogP contribution >= 0.6 is 0 Å². The lowest BCUT2D eigenvalue weighted by Gasteiger charge is -2.23. The average molecular weight is 312 g/mol. The smallest absolute Gasteiger partial charge is 0.263 e. The minimum absolute atomic E-state index is 0.0206. The van der Waals surface area contributed by atoms with Crippen LogP contribution in [0.25, 0.3) is 0 Å². The topological polar surface area (TPSA) is 95.9 Å². The number of carbonyl (C=O) groups excluding carboxylic acids is 2. The molecule has 1 aliphatic heterocycles. The van der Waals surface area contributed by atoms with Crippen LogP contribution in [-0.4, -0.2) is 28.6 Å². The van der Waals surface area contributed by atoms with Crippen molar-refractivity contribution in [2.24, 2.45) is 0 Å². The third-order valence-corrected chi connectivity index (χ3v) is 3.74. The maximum atomic E-state index is 12.2. The Morgan fingerprint density at radius 1 is 1.13 bits per heavy atom. The van der Waals surface area contributed by atoms with Crippen molar-refractivity contribution in [1.29, 1.82) is 0 Å². The molecule has 2 N–H and O–H groups in total. The maximum absolute atomic E-state index is 12.2. The van der Waals surface area contributed by atoms with Gasteiger partial charge < -0.3 is 15.8 Å². The molecule has 2 aromatic rings. The normalized spacial score (nSPS) is 13.3. The lowest BCUT2D eigenvalue weighted by molar-refractivity contribution is 0.0665. The van der Waals surface area contributed by atoms with E-state index in [0.717, 1.165) is 4.90 Å². The van der Waals surface area contributed by atoms with Gasteiger partial charge in [0, 0.05) is 5.69 Å². The van der Waals surface area contributed by atoms with Gasteiger partial charge in [0.05, 0.1) is 23.5 Å². The van der Waals surface area contributed by atoms with E-state index in [1.165, 1.54) is 12.1 Å². The summed E-state index contributed by atoms with van der Waals surface area (Å²) in [4.78, 5) is 25.6. The fourth-order valence-corrected chi connectivity index (χ4v) is 2.51. The van der Waals surface area contributed by atoms with Crippen LogP contribution in [-0.2, 0) is 0 Å². The maximum Gasteiger partial charge on any atom is 0.263 e. The fraction of sp³-hybridized carbons (Fsp3) is 0.125. The van der Waals surface area contributed by atoms with Gasteiger partial charge in [-0.05, 0) is 42.8 Å². The predicted octanol–water partition coefficient (Wildman–Crippen LogP) is 2.35. The Balaban J connectivity index is 1.75. The molecule has 7 nitrogen and oxygen atoms in total. The highest BCUT2D eigenvalue weighted by Gasteiger charge is 2.34. The SMILES string of the molecule is Cc1cc(N([O-])O)ccc1NCN1C(=O)c2ccccc2C1=O. The summed E-state index contributed by atoms with van der Waals surface area (Å²) < 4.78 is 0.